The number of nitrogens with one attached hydrogen (secondary N) is 2. The number of amides is 2. The second kappa shape index (κ2) is 7.96. The fraction of sp³-hybridized carbons (Fsp3) is 0.400. The van der Waals surface area contributed by atoms with Gasteiger partial charge in [0.2, 0.25) is 0 Å². The zero-order chi connectivity index (χ0) is 17.6. The quantitative estimate of drug-likeness (QED) is 0.651. The molecule has 0 fully saturated rings. The van der Waals surface area contributed by atoms with Gasteiger partial charge in [-0.1, -0.05) is 0 Å². The highest BCUT2D eigenvalue weighted by molar-refractivity contribution is 9.10. The molecule has 0 heterocycles. The third-order valence-corrected chi connectivity index (χ3v) is 3.74. The number of ether oxygens (including phenoxy) is 1. The van der Waals surface area contributed by atoms with Crippen LogP contribution in [0.2, 0.25) is 0 Å². The van der Waals surface area contributed by atoms with Gasteiger partial charge in [-0.05, 0) is 54.4 Å². The van der Waals surface area contributed by atoms with Crippen molar-refractivity contribution >= 4 is 39.6 Å². The predicted octanol–water partition coefficient (Wildman–Crippen LogP) is 3.00. The Hall–Kier alpha value is -2.09. The number of methoxy groups -OCH3 is 1. The highest BCUT2D eigenvalue weighted by Crippen LogP contribution is 2.22. The molecule has 0 saturated heterocycles. The molecule has 2 amide bonds. The number of carboxylic acids is 1. The molecule has 1 aromatic carbocycles. The fourth-order valence-electron chi connectivity index (χ4n) is 1.82. The van der Waals surface area contributed by atoms with Gasteiger partial charge in [-0.3, -0.25) is 4.79 Å². The molecule has 3 N–H and O–H groups in total. The maximum absolute atomic E-state index is 12.0. The number of aliphatic carboxylic acids is 1. The van der Waals surface area contributed by atoms with E-state index in [1.54, 1.807) is 26.0 Å². The monoisotopic (exact) mass is 386 g/mol. The Morgan fingerprint density at radius 2 is 1.96 bits per heavy atom. The lowest BCUT2D eigenvalue weighted by Crippen LogP contribution is -2.45. The van der Waals surface area contributed by atoms with Crippen LogP contribution >= 0.6 is 15.9 Å². The van der Waals surface area contributed by atoms with Gasteiger partial charge in [0.25, 0.3) is 0 Å². The first-order chi connectivity index (χ1) is 10.6. The Morgan fingerprint density at radius 3 is 2.52 bits per heavy atom. The Balaban J connectivity index is 2.74. The van der Waals surface area contributed by atoms with Crippen molar-refractivity contribution in [3.8, 4) is 0 Å². The van der Waals surface area contributed by atoms with E-state index in [0.29, 0.717) is 16.6 Å². The average Bonchev–Trinajstić information content (AvgIpc) is 2.46. The molecule has 0 aromatic heterocycles. The van der Waals surface area contributed by atoms with Crippen LogP contribution in [-0.4, -0.2) is 35.7 Å². The Labute approximate surface area is 142 Å². The van der Waals surface area contributed by atoms with Gasteiger partial charge in [0, 0.05) is 22.1 Å². The molecule has 1 rings (SSSR count). The molecule has 23 heavy (non-hydrogen) atoms. The number of carboxylic acid groups (broad SMARTS) is 1. The minimum Gasteiger partial charge on any atom is -0.481 e. The van der Waals surface area contributed by atoms with Gasteiger partial charge in [0.05, 0.1) is 12.7 Å². The van der Waals surface area contributed by atoms with E-state index in [-0.39, 0.29) is 12.0 Å². The van der Waals surface area contributed by atoms with Gasteiger partial charge >= 0.3 is 18.0 Å². The van der Waals surface area contributed by atoms with Crippen molar-refractivity contribution in [3.63, 3.8) is 0 Å². The minimum atomic E-state index is -0.920. The molecule has 0 unspecified atom stereocenters. The summed E-state index contributed by atoms with van der Waals surface area (Å²) in [5.41, 5.74) is 0.0267. The summed E-state index contributed by atoms with van der Waals surface area (Å²) in [5.74, 6) is -1.45. The summed E-state index contributed by atoms with van der Waals surface area (Å²) in [6.07, 6.45) is 0.252. The summed E-state index contributed by atoms with van der Waals surface area (Å²) in [4.78, 5) is 34.2. The van der Waals surface area contributed by atoms with Crippen LogP contribution in [-0.2, 0) is 9.53 Å². The molecule has 126 valence electrons. The summed E-state index contributed by atoms with van der Waals surface area (Å²) in [6.45, 7) is 3.47. The number of halogens is 1. The van der Waals surface area contributed by atoms with Crippen LogP contribution in [0.25, 0.3) is 0 Å². The molecule has 0 radical (unpaired) electrons. The van der Waals surface area contributed by atoms with Crippen molar-refractivity contribution in [3.05, 3.63) is 28.2 Å². The second-order valence-electron chi connectivity index (χ2n) is 5.54. The maximum atomic E-state index is 12.0. The van der Waals surface area contributed by atoms with Crippen LogP contribution in [0.3, 0.4) is 0 Å². The number of carbonyl (C=O) groups excluding carboxylic acids is 2. The molecular weight excluding hydrogens is 368 g/mol. The third kappa shape index (κ3) is 6.27. The molecule has 0 aliphatic carbocycles. The largest absolute Gasteiger partial charge is 0.481 e. The van der Waals surface area contributed by atoms with Crippen molar-refractivity contribution in [2.45, 2.75) is 32.2 Å². The number of rotatable bonds is 6. The number of urea groups is 1. The SMILES string of the molecule is COC(=O)c1cc(NC(=O)NC(C)(C)CCC(=O)O)ccc1Br. The first-order valence-electron chi connectivity index (χ1n) is 6.83. The molecule has 0 aliphatic rings. The van der Waals surface area contributed by atoms with Gasteiger partial charge < -0.3 is 20.5 Å². The summed E-state index contributed by atoms with van der Waals surface area (Å²) in [7, 11) is 1.27. The zero-order valence-corrected chi connectivity index (χ0v) is 14.7. The lowest BCUT2D eigenvalue weighted by molar-refractivity contribution is -0.137. The predicted molar refractivity (Wildman–Crippen MR) is 88.6 cm³/mol. The number of carbonyl (C=O) groups is 3. The van der Waals surface area contributed by atoms with Gasteiger partial charge in [0.15, 0.2) is 0 Å². The molecular formula is C15H19BrN2O5. The number of esters is 1. The standard InChI is InChI=1S/C15H19BrN2O5/c1-15(2,7-6-12(19)20)18-14(22)17-9-4-5-11(16)10(8-9)13(21)23-3/h4-5,8H,6-7H2,1-3H3,(H,19,20)(H2,17,18,22). The normalized spacial score (nSPS) is 10.8. The van der Waals surface area contributed by atoms with Gasteiger partial charge in [-0.2, -0.15) is 0 Å². The van der Waals surface area contributed by atoms with E-state index in [1.165, 1.54) is 13.2 Å². The second-order valence-corrected chi connectivity index (χ2v) is 6.40. The smallest absolute Gasteiger partial charge is 0.339 e. The maximum Gasteiger partial charge on any atom is 0.339 e. The van der Waals surface area contributed by atoms with Crippen molar-refractivity contribution in [1.29, 1.82) is 0 Å². The van der Waals surface area contributed by atoms with Crippen molar-refractivity contribution in [1.82, 2.24) is 5.32 Å². The summed E-state index contributed by atoms with van der Waals surface area (Å²) in [5, 5.41) is 14.0. The lowest BCUT2D eigenvalue weighted by Gasteiger charge is -2.25. The highest BCUT2D eigenvalue weighted by Gasteiger charge is 2.22. The van der Waals surface area contributed by atoms with Crippen molar-refractivity contribution in [2.24, 2.45) is 0 Å². The molecule has 7 nitrogen and oxygen atoms in total. The van der Waals surface area contributed by atoms with E-state index in [4.69, 9.17) is 5.11 Å². The van der Waals surface area contributed by atoms with Gasteiger partial charge in [-0.25, -0.2) is 9.59 Å². The molecule has 0 saturated carbocycles. The van der Waals surface area contributed by atoms with E-state index in [2.05, 4.69) is 31.3 Å². The van der Waals surface area contributed by atoms with Crippen molar-refractivity contribution < 1.29 is 24.2 Å². The van der Waals surface area contributed by atoms with E-state index in [9.17, 15) is 14.4 Å². The number of hydrogen-bond acceptors (Lipinski definition) is 4. The topological polar surface area (TPSA) is 105 Å². The molecule has 8 heteroatoms. The molecule has 0 aliphatic heterocycles. The lowest BCUT2D eigenvalue weighted by atomic mass is 9.99. The molecule has 0 atom stereocenters. The minimum absolute atomic E-state index is 0.0436. The summed E-state index contributed by atoms with van der Waals surface area (Å²) < 4.78 is 5.21. The van der Waals surface area contributed by atoms with Crippen LogP contribution in [0, 0.1) is 0 Å². The number of benzene rings is 1. The molecule has 0 bridgehead atoms. The van der Waals surface area contributed by atoms with Crippen LogP contribution in [0.4, 0.5) is 10.5 Å². The van der Waals surface area contributed by atoms with Gasteiger partial charge in [0.1, 0.15) is 0 Å². The highest BCUT2D eigenvalue weighted by atomic mass is 79.9. The van der Waals surface area contributed by atoms with Crippen molar-refractivity contribution in [2.75, 3.05) is 12.4 Å². The summed E-state index contributed by atoms with van der Waals surface area (Å²) >= 11 is 3.24. The first-order valence-corrected chi connectivity index (χ1v) is 7.63. The van der Waals surface area contributed by atoms with E-state index in [1.807, 2.05) is 0 Å². The average molecular weight is 387 g/mol. The van der Waals surface area contributed by atoms with Crippen LogP contribution < -0.4 is 10.6 Å². The van der Waals surface area contributed by atoms with Crippen LogP contribution in [0.5, 0.6) is 0 Å². The zero-order valence-electron chi connectivity index (χ0n) is 13.1. The Morgan fingerprint density at radius 1 is 1.30 bits per heavy atom. The van der Waals surface area contributed by atoms with Gasteiger partial charge in [-0.15, -0.1) is 0 Å². The molecule has 1 aromatic rings. The Kier molecular flexibility index (Phi) is 6.56. The number of anilines is 1. The Bertz CT molecular complexity index is 616. The molecule has 0 spiro atoms. The first kappa shape index (κ1) is 19.0. The van der Waals surface area contributed by atoms with E-state index >= 15 is 0 Å². The van der Waals surface area contributed by atoms with Crippen LogP contribution in [0.15, 0.2) is 22.7 Å². The van der Waals surface area contributed by atoms with Crippen LogP contribution in [0.1, 0.15) is 37.0 Å². The third-order valence-electron chi connectivity index (χ3n) is 3.05. The summed E-state index contributed by atoms with van der Waals surface area (Å²) in [6, 6.07) is 4.25. The number of hydrogen-bond donors (Lipinski definition) is 3. The van der Waals surface area contributed by atoms with E-state index < -0.39 is 23.5 Å². The van der Waals surface area contributed by atoms with E-state index in [0.717, 1.165) is 0 Å². The fourth-order valence-corrected chi connectivity index (χ4v) is 2.23.